The zero-order valence-electron chi connectivity index (χ0n) is 11.5. The van der Waals surface area contributed by atoms with Crippen molar-refractivity contribution in [2.45, 2.75) is 6.42 Å². The summed E-state index contributed by atoms with van der Waals surface area (Å²) in [5, 5.41) is 0. The number of ether oxygens (including phenoxy) is 1. The van der Waals surface area contributed by atoms with Crippen molar-refractivity contribution in [2.24, 2.45) is 0 Å². The van der Waals surface area contributed by atoms with Crippen LogP contribution in [0.15, 0.2) is 53.0 Å². The fourth-order valence-corrected chi connectivity index (χ4v) is 3.19. The average molecular weight is 370 g/mol. The van der Waals surface area contributed by atoms with E-state index in [1.165, 1.54) is 0 Å². The summed E-state index contributed by atoms with van der Waals surface area (Å²) in [6.07, 6.45) is 0.434. The first-order valence-corrected chi connectivity index (χ1v) is 8.82. The molecule has 0 unspecified atom stereocenters. The summed E-state index contributed by atoms with van der Waals surface area (Å²) in [4.78, 5) is 0. The van der Waals surface area contributed by atoms with Gasteiger partial charge in [0.25, 0.3) is 0 Å². The minimum absolute atomic E-state index is 0.0240. The Morgan fingerprint density at radius 1 is 1.14 bits per heavy atom. The van der Waals surface area contributed by atoms with E-state index in [-0.39, 0.29) is 5.75 Å². The number of hydrogen-bond acceptors (Lipinski definition) is 3. The highest BCUT2D eigenvalue weighted by Crippen LogP contribution is 2.17. The minimum Gasteiger partial charge on any atom is -0.497 e. The Morgan fingerprint density at radius 2 is 1.86 bits per heavy atom. The summed E-state index contributed by atoms with van der Waals surface area (Å²) >= 11 is 3.31. The molecule has 0 aromatic heterocycles. The van der Waals surface area contributed by atoms with E-state index in [4.69, 9.17) is 4.74 Å². The largest absolute Gasteiger partial charge is 0.497 e. The lowest BCUT2D eigenvalue weighted by molar-refractivity contribution is 0.414. The zero-order chi connectivity index (χ0) is 15.3. The van der Waals surface area contributed by atoms with Crippen molar-refractivity contribution in [3.63, 3.8) is 0 Å². The maximum absolute atomic E-state index is 12.1. The van der Waals surface area contributed by atoms with Gasteiger partial charge in [-0.1, -0.05) is 28.1 Å². The molecule has 0 atom stereocenters. The Labute approximate surface area is 133 Å². The fourth-order valence-electron chi connectivity index (χ4n) is 1.83. The number of anilines is 1. The van der Waals surface area contributed by atoms with Gasteiger partial charge in [0.1, 0.15) is 5.75 Å². The van der Waals surface area contributed by atoms with E-state index in [0.29, 0.717) is 12.1 Å². The van der Waals surface area contributed by atoms with E-state index in [0.717, 1.165) is 15.8 Å². The number of hydrogen-bond donors (Lipinski definition) is 1. The molecule has 0 spiro atoms. The average Bonchev–Trinajstić information content (AvgIpc) is 2.48. The van der Waals surface area contributed by atoms with Gasteiger partial charge in [0.15, 0.2) is 0 Å². The molecule has 1 N–H and O–H groups in total. The second kappa shape index (κ2) is 6.95. The van der Waals surface area contributed by atoms with Crippen LogP contribution >= 0.6 is 15.9 Å². The van der Waals surface area contributed by atoms with Gasteiger partial charge in [0.2, 0.25) is 10.0 Å². The van der Waals surface area contributed by atoms with Crippen LogP contribution < -0.4 is 9.46 Å². The number of rotatable bonds is 6. The third-order valence-corrected chi connectivity index (χ3v) is 4.73. The molecular weight excluding hydrogens is 354 g/mol. The fraction of sp³-hybridized carbons (Fsp3) is 0.200. The Balaban J connectivity index is 1.99. The van der Waals surface area contributed by atoms with E-state index in [2.05, 4.69) is 20.7 Å². The normalized spacial score (nSPS) is 11.1. The van der Waals surface area contributed by atoms with Gasteiger partial charge in [-0.25, -0.2) is 8.42 Å². The minimum atomic E-state index is -3.37. The predicted octanol–water partition coefficient (Wildman–Crippen LogP) is 3.44. The van der Waals surface area contributed by atoms with Gasteiger partial charge in [0.05, 0.1) is 12.9 Å². The topological polar surface area (TPSA) is 55.4 Å². The molecule has 0 saturated heterocycles. The van der Waals surface area contributed by atoms with Crippen LogP contribution in [0.4, 0.5) is 5.69 Å². The lowest BCUT2D eigenvalue weighted by Gasteiger charge is -2.09. The van der Waals surface area contributed by atoms with Crippen molar-refractivity contribution in [1.29, 1.82) is 0 Å². The van der Waals surface area contributed by atoms with Crippen molar-refractivity contribution >= 4 is 31.6 Å². The molecule has 112 valence electrons. The first-order chi connectivity index (χ1) is 9.98. The van der Waals surface area contributed by atoms with Crippen molar-refractivity contribution in [3.05, 3.63) is 58.6 Å². The maximum Gasteiger partial charge on any atom is 0.233 e. The quantitative estimate of drug-likeness (QED) is 0.848. The highest BCUT2D eigenvalue weighted by Gasteiger charge is 2.11. The van der Waals surface area contributed by atoms with Crippen LogP contribution in [-0.2, 0) is 16.4 Å². The van der Waals surface area contributed by atoms with E-state index in [1.54, 1.807) is 31.4 Å². The molecule has 0 fully saturated rings. The molecule has 0 saturated carbocycles. The Bertz CT molecular complexity index is 699. The van der Waals surface area contributed by atoms with Crippen LogP contribution in [0, 0.1) is 0 Å². The van der Waals surface area contributed by atoms with Crippen LogP contribution in [-0.4, -0.2) is 21.3 Å². The molecule has 0 heterocycles. The van der Waals surface area contributed by atoms with Gasteiger partial charge in [-0.05, 0) is 48.4 Å². The van der Waals surface area contributed by atoms with Crippen LogP contribution in [0.25, 0.3) is 0 Å². The first kappa shape index (κ1) is 15.9. The van der Waals surface area contributed by atoms with Gasteiger partial charge < -0.3 is 4.74 Å². The summed E-state index contributed by atoms with van der Waals surface area (Å²) in [6, 6.07) is 14.4. The van der Waals surface area contributed by atoms with Crippen molar-refractivity contribution in [1.82, 2.24) is 0 Å². The number of methoxy groups -OCH3 is 1. The molecule has 2 rings (SSSR count). The van der Waals surface area contributed by atoms with Gasteiger partial charge in [-0.3, -0.25) is 4.72 Å². The number of sulfonamides is 1. The van der Waals surface area contributed by atoms with Gasteiger partial charge >= 0.3 is 0 Å². The molecule has 0 aliphatic heterocycles. The molecule has 4 nitrogen and oxygen atoms in total. The predicted molar refractivity (Wildman–Crippen MR) is 88.2 cm³/mol. The van der Waals surface area contributed by atoms with E-state index >= 15 is 0 Å². The molecule has 0 amide bonds. The lowest BCUT2D eigenvalue weighted by atomic mass is 10.2. The third-order valence-electron chi connectivity index (χ3n) is 2.91. The monoisotopic (exact) mass is 369 g/mol. The second-order valence-corrected chi connectivity index (χ2v) is 7.29. The second-order valence-electron chi connectivity index (χ2n) is 4.53. The Morgan fingerprint density at radius 3 is 2.52 bits per heavy atom. The lowest BCUT2D eigenvalue weighted by Crippen LogP contribution is -2.18. The number of halogens is 1. The van der Waals surface area contributed by atoms with Gasteiger partial charge in [-0.2, -0.15) is 0 Å². The van der Waals surface area contributed by atoms with E-state index in [9.17, 15) is 8.42 Å². The van der Waals surface area contributed by atoms with Gasteiger partial charge in [-0.15, -0.1) is 0 Å². The molecule has 21 heavy (non-hydrogen) atoms. The third kappa shape index (κ3) is 5.06. The van der Waals surface area contributed by atoms with Crippen LogP contribution in [0.2, 0.25) is 0 Å². The Kier molecular flexibility index (Phi) is 5.25. The van der Waals surface area contributed by atoms with Crippen molar-refractivity contribution < 1.29 is 13.2 Å². The van der Waals surface area contributed by atoms with Crippen molar-refractivity contribution in [3.8, 4) is 5.75 Å². The number of aryl methyl sites for hydroxylation is 1. The SMILES string of the molecule is COc1cccc(CCS(=O)(=O)Nc2ccc(Br)cc2)c1. The summed E-state index contributed by atoms with van der Waals surface area (Å²) in [6.45, 7) is 0. The van der Waals surface area contributed by atoms with Crippen LogP contribution in [0.5, 0.6) is 5.75 Å². The number of benzene rings is 2. The van der Waals surface area contributed by atoms with Crippen molar-refractivity contribution in [2.75, 3.05) is 17.6 Å². The summed E-state index contributed by atoms with van der Waals surface area (Å²) in [5.74, 6) is 0.752. The smallest absolute Gasteiger partial charge is 0.233 e. The maximum atomic E-state index is 12.1. The summed E-state index contributed by atoms with van der Waals surface area (Å²) in [7, 11) is -1.78. The Hall–Kier alpha value is -1.53. The number of nitrogens with one attached hydrogen (secondary N) is 1. The molecule has 2 aromatic carbocycles. The van der Waals surface area contributed by atoms with E-state index < -0.39 is 10.0 Å². The highest BCUT2D eigenvalue weighted by molar-refractivity contribution is 9.10. The van der Waals surface area contributed by atoms with Gasteiger partial charge in [0, 0.05) is 10.2 Å². The summed E-state index contributed by atoms with van der Waals surface area (Å²) in [5.41, 5.74) is 1.49. The molecular formula is C15H16BrNO3S. The molecule has 0 bridgehead atoms. The molecule has 0 aliphatic rings. The zero-order valence-corrected chi connectivity index (χ0v) is 13.9. The molecule has 2 aromatic rings. The van der Waals surface area contributed by atoms with Crippen LogP contribution in [0.1, 0.15) is 5.56 Å². The van der Waals surface area contributed by atoms with Crippen LogP contribution in [0.3, 0.4) is 0 Å². The molecule has 0 radical (unpaired) electrons. The summed E-state index contributed by atoms with van der Waals surface area (Å²) < 4.78 is 32.7. The standard InChI is InChI=1S/C15H16BrNO3S/c1-20-15-4-2-3-12(11-15)9-10-21(18,19)17-14-7-5-13(16)6-8-14/h2-8,11,17H,9-10H2,1H3. The molecule has 6 heteroatoms. The molecule has 0 aliphatic carbocycles. The first-order valence-electron chi connectivity index (χ1n) is 6.37. The van der Waals surface area contributed by atoms with E-state index in [1.807, 2.05) is 24.3 Å². The highest BCUT2D eigenvalue weighted by atomic mass is 79.9.